The lowest BCUT2D eigenvalue weighted by Gasteiger charge is -2.47. The molecule has 9 nitrogen and oxygen atoms in total. The van der Waals surface area contributed by atoms with Crippen LogP contribution >= 0.6 is 28.4 Å². The van der Waals surface area contributed by atoms with Gasteiger partial charge >= 0.3 is 0 Å². The number of rotatable bonds is 7. The lowest BCUT2D eigenvalue weighted by atomic mass is 9.79. The summed E-state index contributed by atoms with van der Waals surface area (Å²) in [5.41, 5.74) is 21.6. The van der Waals surface area contributed by atoms with Crippen molar-refractivity contribution in [3.05, 3.63) is 47.0 Å². The quantitative estimate of drug-likeness (QED) is 0.0985. The number of allylic oxidation sites excluding steroid dienone is 1. The van der Waals surface area contributed by atoms with Gasteiger partial charge in [0.2, 0.25) is 0 Å². The molecule has 35 heavy (non-hydrogen) atoms. The third kappa shape index (κ3) is 6.35. The van der Waals surface area contributed by atoms with Crippen LogP contribution in [0.5, 0.6) is 5.75 Å². The molecule has 0 spiro atoms. The Kier molecular flexibility index (Phi) is 8.52. The van der Waals surface area contributed by atoms with Crippen LogP contribution in [0.2, 0.25) is 0 Å². The smallest absolute Gasteiger partial charge is 0.175 e. The monoisotopic (exact) mass is 611 g/mol. The van der Waals surface area contributed by atoms with Gasteiger partial charge in [0.1, 0.15) is 17.3 Å². The fourth-order valence-electron chi connectivity index (χ4n) is 5.15. The summed E-state index contributed by atoms with van der Waals surface area (Å²) in [6.07, 6.45) is 7.08. The van der Waals surface area contributed by atoms with Gasteiger partial charge in [0.05, 0.1) is 6.37 Å². The van der Waals surface area contributed by atoms with Crippen LogP contribution in [0.25, 0.3) is 17.3 Å². The fraction of sp³-hybridized carbons (Fsp3) is 0.417. The Bertz CT molecular complexity index is 1150. The van der Waals surface area contributed by atoms with Crippen LogP contribution < -0.4 is 27.4 Å². The van der Waals surface area contributed by atoms with Crippen molar-refractivity contribution in [3.63, 3.8) is 0 Å². The summed E-state index contributed by atoms with van der Waals surface area (Å²) in [7, 11) is 0. The number of aryl methyl sites for hydroxylation is 1. The molecule has 0 amide bonds. The molecule has 1 aromatic carbocycles. The zero-order chi connectivity index (χ0) is 26.0. The van der Waals surface area contributed by atoms with Gasteiger partial charge in [-0.3, -0.25) is 4.76 Å². The van der Waals surface area contributed by atoms with Crippen molar-refractivity contribution < 1.29 is 10.1 Å². The number of nitrogens with zero attached hydrogens (tertiary/aromatic N) is 3. The third-order valence-corrected chi connectivity index (χ3v) is 7.20. The molecule has 1 atom stereocenters. The van der Waals surface area contributed by atoms with Gasteiger partial charge in [-0.2, -0.15) is 0 Å². The van der Waals surface area contributed by atoms with Crippen LogP contribution in [-0.2, 0) is 0 Å². The predicted octanol–water partition coefficient (Wildman–Crippen LogP) is 4.88. The third-order valence-electron chi connectivity index (χ3n) is 6.14. The van der Waals surface area contributed by atoms with E-state index in [1.165, 1.54) is 6.20 Å². The second kappa shape index (κ2) is 10.9. The van der Waals surface area contributed by atoms with Gasteiger partial charge in [-0.1, -0.05) is 6.07 Å². The first-order valence-corrected chi connectivity index (χ1v) is 15.3. The highest BCUT2D eigenvalue weighted by molar-refractivity contribution is 14.2. The van der Waals surface area contributed by atoms with Gasteiger partial charge < -0.3 is 32.0 Å². The summed E-state index contributed by atoms with van der Waals surface area (Å²) in [5.74, 6) is 1.59. The van der Waals surface area contributed by atoms with E-state index in [0.717, 1.165) is 24.2 Å². The van der Waals surface area contributed by atoms with Crippen LogP contribution in [-0.4, -0.2) is 32.1 Å². The Labute approximate surface area is 221 Å². The first kappa shape index (κ1) is 27.4. The molecule has 0 bridgehead atoms. The summed E-state index contributed by atoms with van der Waals surface area (Å²) < 4.78 is 6.35. The van der Waals surface area contributed by atoms with Crippen LogP contribution in [0.4, 0.5) is 5.82 Å². The van der Waals surface area contributed by atoms with E-state index in [-0.39, 0.29) is 22.9 Å². The maximum absolute atomic E-state index is 9.54. The molecule has 11 heteroatoms. The van der Waals surface area contributed by atoms with Crippen LogP contribution in [0.15, 0.2) is 29.2 Å². The number of nitrogen functional groups attached to an aromatic ring is 1. The summed E-state index contributed by atoms with van der Waals surface area (Å²) in [6, 6.07) is 5.46. The van der Waals surface area contributed by atoms with Crippen molar-refractivity contribution in [3.8, 4) is 5.75 Å². The number of imidazole rings is 1. The lowest BCUT2D eigenvalue weighted by molar-refractivity contribution is -0.137. The summed E-state index contributed by atoms with van der Waals surface area (Å²) in [4.78, 5) is 9.36. The Morgan fingerprint density at radius 3 is 2.54 bits per heavy atom. The average Bonchev–Trinajstić information content (AvgIpc) is 3.04. The Balaban J connectivity index is 1.97. The normalized spacial score (nSPS) is 19.2. The van der Waals surface area contributed by atoms with Gasteiger partial charge in [-0.15, -0.1) is 0 Å². The van der Waals surface area contributed by atoms with Crippen molar-refractivity contribution in [1.29, 1.82) is 0 Å². The number of anilines is 1. The number of piperidine rings is 1. The summed E-state index contributed by atoms with van der Waals surface area (Å²) >= 11 is 2.17. The molecule has 1 aromatic heterocycles. The van der Waals surface area contributed by atoms with E-state index in [1.807, 2.05) is 13.0 Å². The van der Waals surface area contributed by atoms with Crippen LogP contribution in [0, 0.1) is 6.92 Å². The van der Waals surface area contributed by atoms with Gasteiger partial charge in [-0.25, -0.2) is 10.2 Å². The molecular formula is C24H35IN7O2P. The minimum atomic E-state index is -0.0294. The summed E-state index contributed by atoms with van der Waals surface area (Å²) in [6.45, 7) is 10.8. The van der Waals surface area contributed by atoms with E-state index in [2.05, 4.69) is 69.3 Å². The second-order valence-electron chi connectivity index (χ2n) is 10.1. The molecule has 0 aliphatic carbocycles. The first-order chi connectivity index (χ1) is 16.4. The number of halogens is 1. The molecule has 1 fully saturated rings. The largest absolute Gasteiger partial charge is 0.404 e. The Morgan fingerprint density at radius 2 is 1.97 bits per heavy atom. The van der Waals surface area contributed by atoms with E-state index in [4.69, 9.17) is 22.2 Å². The number of hydrogen-bond acceptors (Lipinski definition) is 8. The van der Waals surface area contributed by atoms with E-state index < -0.39 is 0 Å². The highest BCUT2D eigenvalue weighted by Crippen LogP contribution is 2.39. The topological polar surface area (TPSA) is 150 Å². The van der Waals surface area contributed by atoms with Gasteiger partial charge in [0, 0.05) is 46.4 Å². The zero-order valence-electron chi connectivity index (χ0n) is 20.8. The molecular weight excluding hydrogens is 576 g/mol. The van der Waals surface area contributed by atoms with Crippen LogP contribution in [0.3, 0.4) is 0 Å². The van der Waals surface area contributed by atoms with E-state index in [0.29, 0.717) is 34.7 Å². The molecule has 2 aromatic rings. The zero-order valence-corrected chi connectivity index (χ0v) is 23.9. The molecule has 0 saturated carbocycles. The molecule has 2 heterocycles. The number of benzene rings is 1. The maximum atomic E-state index is 9.54. The molecule has 0 radical (unpaired) electrons. The highest BCUT2D eigenvalue weighted by atomic mass is 127. The maximum Gasteiger partial charge on any atom is 0.175 e. The number of hydrogen-bond donors (Lipinski definition) is 5. The SMILES string of the molecule is Cc1nc(/C=C(\N)c2ccc(C(=C/N)/C=N/PI)cc2OO)c(N)n1C1CC(C)(C)NC(C)(C)C1. The van der Waals surface area contributed by atoms with Gasteiger partial charge in [-0.05, 0) is 93.3 Å². The number of aromatic nitrogens is 2. The molecule has 1 aliphatic heterocycles. The lowest BCUT2D eigenvalue weighted by Crippen LogP contribution is -2.58. The molecule has 8 N–H and O–H groups in total. The van der Waals surface area contributed by atoms with E-state index in [9.17, 15) is 5.26 Å². The van der Waals surface area contributed by atoms with Crippen molar-refractivity contribution in [2.75, 3.05) is 5.73 Å². The fourth-order valence-corrected chi connectivity index (χ4v) is 5.76. The predicted molar refractivity (Wildman–Crippen MR) is 156 cm³/mol. The minimum absolute atomic E-state index is 0.0294. The molecule has 1 saturated heterocycles. The Hall–Kier alpha value is -2.14. The standard InChI is InChI=1S/C24H35IN7O2P/c1-14-30-20(22(28)32(14)17-10-23(2,3)31-24(4,5)11-17)9-19(27)18-7-6-15(8-21(18)34-33)16(12-26)13-29-35-25/h6-9,12-13,17,31,33,35H,10-11,26-28H2,1-5H3/b16-12+,19-9-,29-13+. The molecule has 1 aliphatic rings. The summed E-state index contributed by atoms with van der Waals surface area (Å²) in [5, 5.41) is 13.2. The van der Waals surface area contributed by atoms with Crippen molar-refractivity contribution >= 4 is 57.8 Å². The highest BCUT2D eigenvalue weighted by Gasteiger charge is 2.39. The van der Waals surface area contributed by atoms with Crippen molar-refractivity contribution in [2.24, 2.45) is 16.2 Å². The van der Waals surface area contributed by atoms with Crippen molar-refractivity contribution in [2.45, 2.75) is 64.6 Å². The van der Waals surface area contributed by atoms with Gasteiger partial charge in [0.25, 0.3) is 0 Å². The second-order valence-corrected chi connectivity index (χ2v) is 12.0. The molecule has 3 rings (SSSR count). The average molecular weight is 611 g/mol. The van der Waals surface area contributed by atoms with Gasteiger partial charge in [0.15, 0.2) is 5.75 Å². The molecule has 1 unspecified atom stereocenters. The molecule has 190 valence electrons. The Morgan fingerprint density at radius 1 is 1.31 bits per heavy atom. The van der Waals surface area contributed by atoms with E-state index in [1.54, 1.807) is 24.4 Å². The number of nitrogens with two attached hydrogens (primary N) is 3. The van der Waals surface area contributed by atoms with Crippen molar-refractivity contribution in [1.82, 2.24) is 14.9 Å². The number of nitrogens with one attached hydrogen (secondary N) is 1. The van der Waals surface area contributed by atoms with E-state index >= 15 is 0 Å². The van der Waals surface area contributed by atoms with Crippen LogP contribution in [0.1, 0.15) is 69.2 Å². The first-order valence-electron chi connectivity index (χ1n) is 11.3. The minimum Gasteiger partial charge on any atom is -0.404 e.